The van der Waals surface area contributed by atoms with Gasteiger partial charge < -0.3 is 14.4 Å². The normalized spacial score (nSPS) is 11.4. The molecule has 3 aromatic rings. The maximum absolute atomic E-state index is 5.31. The molecule has 0 aliphatic rings. The second-order valence-corrected chi connectivity index (χ2v) is 7.51. The third-order valence-corrected chi connectivity index (χ3v) is 5.12. The Morgan fingerprint density at radius 1 is 0.897 bits per heavy atom. The van der Waals surface area contributed by atoms with Crippen LogP contribution in [-0.4, -0.2) is 60.3 Å². The van der Waals surface area contributed by atoms with Gasteiger partial charge in [0.1, 0.15) is 11.3 Å². The first kappa shape index (κ1) is 21.2. The molecule has 29 heavy (non-hydrogen) atoms. The molecule has 0 aliphatic heterocycles. The number of hydrogen-bond acceptors (Lipinski definition) is 6. The highest BCUT2D eigenvalue weighted by Gasteiger charge is 2.23. The fraction of sp³-hybridized carbons (Fsp3) is 0.500. The van der Waals surface area contributed by atoms with Crippen LogP contribution in [0.2, 0.25) is 0 Å². The van der Waals surface area contributed by atoms with Crippen LogP contribution in [0.3, 0.4) is 0 Å². The molecular formula is C22H31N5O2. The van der Waals surface area contributed by atoms with Gasteiger partial charge in [0.05, 0.1) is 18.9 Å². The fourth-order valence-electron chi connectivity index (χ4n) is 3.94. The summed E-state index contributed by atoms with van der Waals surface area (Å²) in [6.07, 6.45) is 0. The van der Waals surface area contributed by atoms with Crippen molar-refractivity contribution in [3.05, 3.63) is 34.6 Å². The highest BCUT2D eigenvalue weighted by molar-refractivity contribution is 5.97. The van der Waals surface area contributed by atoms with Crippen molar-refractivity contribution in [2.24, 2.45) is 7.05 Å². The number of ether oxygens (including phenoxy) is 2. The molecule has 156 valence electrons. The molecule has 7 nitrogen and oxygen atoms in total. The van der Waals surface area contributed by atoms with Gasteiger partial charge in [-0.2, -0.15) is 5.10 Å². The van der Waals surface area contributed by atoms with Crippen LogP contribution < -0.4 is 4.90 Å². The van der Waals surface area contributed by atoms with Crippen molar-refractivity contribution >= 4 is 16.9 Å². The van der Waals surface area contributed by atoms with Crippen LogP contribution in [0.5, 0.6) is 0 Å². The topological polar surface area (TPSA) is 65.3 Å². The van der Waals surface area contributed by atoms with Gasteiger partial charge in [-0.1, -0.05) is 17.7 Å². The molecule has 0 N–H and O–H groups in total. The van der Waals surface area contributed by atoms with E-state index >= 15 is 0 Å². The predicted octanol–water partition coefficient (Wildman–Crippen LogP) is 3.36. The van der Waals surface area contributed by atoms with Crippen molar-refractivity contribution in [2.75, 3.05) is 45.4 Å². The monoisotopic (exact) mass is 397 g/mol. The molecule has 0 bridgehead atoms. The van der Waals surface area contributed by atoms with Crippen molar-refractivity contribution in [1.29, 1.82) is 0 Å². The number of methoxy groups -OCH3 is 2. The molecule has 0 fully saturated rings. The van der Waals surface area contributed by atoms with Crippen molar-refractivity contribution in [1.82, 2.24) is 19.7 Å². The Kier molecular flexibility index (Phi) is 6.49. The van der Waals surface area contributed by atoms with Gasteiger partial charge in [-0.15, -0.1) is 0 Å². The number of fused-ring (bicyclic) bond motifs is 1. The van der Waals surface area contributed by atoms with E-state index in [1.165, 1.54) is 22.3 Å². The molecule has 0 saturated heterocycles. The number of benzene rings is 1. The Bertz CT molecular complexity index is 981. The standard InChI is InChI=1S/C22H31N5O2/c1-14-12-15(2)18(16(3)13-14)21-19-20(25-26(21)5)22(24-17(4)23-19)27(8-10-28-6)9-11-29-7/h12-13H,8-11H2,1-7H3. The van der Waals surface area contributed by atoms with Gasteiger partial charge in [0.25, 0.3) is 0 Å². The Balaban J connectivity index is 2.23. The van der Waals surface area contributed by atoms with Gasteiger partial charge in [0.15, 0.2) is 11.3 Å². The van der Waals surface area contributed by atoms with Gasteiger partial charge in [-0.3, -0.25) is 4.68 Å². The molecule has 0 spiro atoms. The summed E-state index contributed by atoms with van der Waals surface area (Å²) in [7, 11) is 5.39. The average molecular weight is 398 g/mol. The second-order valence-electron chi connectivity index (χ2n) is 7.51. The summed E-state index contributed by atoms with van der Waals surface area (Å²) in [5, 5.41) is 4.84. The lowest BCUT2D eigenvalue weighted by molar-refractivity contribution is 0.190. The summed E-state index contributed by atoms with van der Waals surface area (Å²) in [6.45, 7) is 11.0. The van der Waals surface area contributed by atoms with Crippen molar-refractivity contribution in [3.63, 3.8) is 0 Å². The summed E-state index contributed by atoms with van der Waals surface area (Å²) in [4.78, 5) is 11.7. The molecule has 2 heterocycles. The Morgan fingerprint density at radius 3 is 2.03 bits per heavy atom. The fourth-order valence-corrected chi connectivity index (χ4v) is 3.94. The molecule has 0 unspecified atom stereocenters. The van der Waals surface area contributed by atoms with E-state index in [0.717, 1.165) is 28.4 Å². The zero-order chi connectivity index (χ0) is 21.1. The summed E-state index contributed by atoms with van der Waals surface area (Å²) in [5.41, 5.74) is 7.60. The number of hydrogen-bond donors (Lipinski definition) is 0. The molecular weight excluding hydrogens is 366 g/mol. The zero-order valence-corrected chi connectivity index (χ0v) is 18.5. The van der Waals surface area contributed by atoms with Crippen LogP contribution in [0, 0.1) is 27.7 Å². The molecule has 3 rings (SSSR count). The van der Waals surface area contributed by atoms with E-state index in [1.807, 2.05) is 18.7 Å². The second kappa shape index (κ2) is 8.88. The first-order valence-electron chi connectivity index (χ1n) is 9.89. The number of anilines is 1. The Morgan fingerprint density at radius 2 is 1.48 bits per heavy atom. The Hall–Kier alpha value is -2.51. The molecule has 0 radical (unpaired) electrons. The first-order valence-corrected chi connectivity index (χ1v) is 9.89. The van der Waals surface area contributed by atoms with Gasteiger partial charge in [-0.05, 0) is 38.8 Å². The average Bonchev–Trinajstić information content (AvgIpc) is 2.97. The third kappa shape index (κ3) is 4.26. The highest BCUT2D eigenvalue weighted by Crippen LogP contribution is 2.35. The first-order chi connectivity index (χ1) is 13.9. The lowest BCUT2D eigenvalue weighted by Gasteiger charge is -2.23. The van der Waals surface area contributed by atoms with E-state index in [9.17, 15) is 0 Å². The number of aryl methyl sites for hydroxylation is 5. The number of aromatic nitrogens is 4. The molecule has 0 atom stereocenters. The predicted molar refractivity (Wildman–Crippen MR) is 117 cm³/mol. The molecule has 1 aromatic carbocycles. The van der Waals surface area contributed by atoms with Crippen LogP contribution >= 0.6 is 0 Å². The SMILES string of the molecule is COCCN(CCOC)c1nc(C)nc2c(-c3c(C)cc(C)cc3C)n(C)nc12. The minimum absolute atomic E-state index is 0.601. The van der Waals surface area contributed by atoms with Crippen LogP contribution in [0.15, 0.2) is 12.1 Å². The number of nitrogens with zero attached hydrogens (tertiary/aromatic N) is 5. The van der Waals surface area contributed by atoms with Crippen molar-refractivity contribution in [3.8, 4) is 11.3 Å². The lowest BCUT2D eigenvalue weighted by Crippen LogP contribution is -2.31. The highest BCUT2D eigenvalue weighted by atomic mass is 16.5. The minimum atomic E-state index is 0.601. The van der Waals surface area contributed by atoms with E-state index in [0.29, 0.717) is 26.3 Å². The van der Waals surface area contributed by atoms with Gasteiger partial charge in [-0.25, -0.2) is 9.97 Å². The van der Waals surface area contributed by atoms with Crippen LogP contribution in [0.1, 0.15) is 22.5 Å². The van der Waals surface area contributed by atoms with E-state index in [4.69, 9.17) is 24.5 Å². The summed E-state index contributed by atoms with van der Waals surface area (Å²) in [6, 6.07) is 4.42. The smallest absolute Gasteiger partial charge is 0.161 e. The number of rotatable bonds is 8. The summed E-state index contributed by atoms with van der Waals surface area (Å²) < 4.78 is 12.5. The van der Waals surface area contributed by atoms with Crippen LogP contribution in [0.4, 0.5) is 5.82 Å². The van der Waals surface area contributed by atoms with E-state index in [1.54, 1.807) is 14.2 Å². The minimum Gasteiger partial charge on any atom is -0.383 e. The molecule has 0 amide bonds. The largest absolute Gasteiger partial charge is 0.383 e. The van der Waals surface area contributed by atoms with Crippen molar-refractivity contribution in [2.45, 2.75) is 27.7 Å². The molecule has 0 saturated carbocycles. The van der Waals surface area contributed by atoms with Gasteiger partial charge >= 0.3 is 0 Å². The quantitative estimate of drug-likeness (QED) is 0.581. The molecule has 2 aromatic heterocycles. The maximum Gasteiger partial charge on any atom is 0.161 e. The van der Waals surface area contributed by atoms with Gasteiger partial charge in [0, 0.05) is 39.9 Å². The zero-order valence-electron chi connectivity index (χ0n) is 18.5. The van der Waals surface area contributed by atoms with Crippen molar-refractivity contribution < 1.29 is 9.47 Å². The third-order valence-electron chi connectivity index (χ3n) is 5.12. The maximum atomic E-state index is 5.31. The van der Waals surface area contributed by atoms with E-state index < -0.39 is 0 Å². The van der Waals surface area contributed by atoms with Crippen LogP contribution in [-0.2, 0) is 16.5 Å². The summed E-state index contributed by atoms with van der Waals surface area (Å²) >= 11 is 0. The Labute approximate surface area is 172 Å². The lowest BCUT2D eigenvalue weighted by atomic mass is 9.96. The van der Waals surface area contributed by atoms with Crippen LogP contribution in [0.25, 0.3) is 22.3 Å². The molecule has 7 heteroatoms. The van der Waals surface area contributed by atoms with E-state index in [2.05, 4.69) is 37.8 Å². The van der Waals surface area contributed by atoms with Gasteiger partial charge in [0.2, 0.25) is 0 Å². The molecule has 0 aliphatic carbocycles. The summed E-state index contributed by atoms with van der Waals surface area (Å²) in [5.74, 6) is 1.55. The van der Waals surface area contributed by atoms with E-state index in [-0.39, 0.29) is 0 Å².